The molecule has 1 aliphatic carbocycles. The third-order valence-electron chi connectivity index (χ3n) is 2.58. The van der Waals surface area contributed by atoms with Gasteiger partial charge in [0.25, 0.3) is 10.2 Å². The van der Waals surface area contributed by atoms with E-state index < -0.39 is 10.2 Å². The molecule has 1 N–H and O–H groups in total. The minimum absolute atomic E-state index is 0.00471. The lowest BCUT2D eigenvalue weighted by molar-refractivity contribution is 0.271. The number of aliphatic hydroxyl groups excluding tert-OH is 1. The highest BCUT2D eigenvalue weighted by Crippen LogP contribution is 2.29. The van der Waals surface area contributed by atoms with E-state index in [9.17, 15) is 8.42 Å². The number of nitrogens with zero attached hydrogens (tertiary/aromatic N) is 2. The van der Waals surface area contributed by atoms with Gasteiger partial charge < -0.3 is 5.11 Å². The van der Waals surface area contributed by atoms with Gasteiger partial charge in [0.1, 0.15) is 0 Å². The second kappa shape index (κ2) is 5.77. The highest BCUT2D eigenvalue weighted by atomic mass is 32.2. The van der Waals surface area contributed by atoms with Crippen LogP contribution in [-0.2, 0) is 10.2 Å². The zero-order valence-electron chi connectivity index (χ0n) is 9.67. The van der Waals surface area contributed by atoms with Crippen LogP contribution in [0.5, 0.6) is 0 Å². The van der Waals surface area contributed by atoms with Gasteiger partial charge in [0.15, 0.2) is 0 Å². The Kier molecular flexibility index (Phi) is 4.91. The van der Waals surface area contributed by atoms with Gasteiger partial charge >= 0.3 is 0 Å². The summed E-state index contributed by atoms with van der Waals surface area (Å²) in [5.41, 5.74) is 0. The molecule has 0 radical (unpaired) electrons. The third-order valence-corrected chi connectivity index (χ3v) is 4.59. The number of hydrogen-bond acceptors (Lipinski definition) is 3. The van der Waals surface area contributed by atoms with Gasteiger partial charge in [-0.25, -0.2) is 0 Å². The molecule has 0 heterocycles. The molecule has 5 nitrogen and oxygen atoms in total. The molecule has 0 spiro atoms. The molecule has 0 atom stereocenters. The Labute approximate surface area is 97.5 Å². The highest BCUT2D eigenvalue weighted by molar-refractivity contribution is 7.86. The Hall–Kier alpha value is -0.430. The maximum absolute atomic E-state index is 12.1. The standard InChI is InChI=1S/C10H20N2O3S/c1-3-7-12(10-5-6-10)16(14,15)11(2)8-4-9-13/h3,10,13H,1,4-9H2,2H3. The zero-order valence-corrected chi connectivity index (χ0v) is 10.5. The van der Waals surface area contributed by atoms with Gasteiger partial charge in [0.05, 0.1) is 0 Å². The van der Waals surface area contributed by atoms with Crippen LogP contribution >= 0.6 is 0 Å². The van der Waals surface area contributed by atoms with E-state index in [-0.39, 0.29) is 12.6 Å². The van der Waals surface area contributed by atoms with Crippen LogP contribution in [0.4, 0.5) is 0 Å². The van der Waals surface area contributed by atoms with E-state index in [2.05, 4.69) is 6.58 Å². The van der Waals surface area contributed by atoms with Gasteiger partial charge in [-0.15, -0.1) is 6.58 Å². The first-order chi connectivity index (χ1) is 7.54. The maximum atomic E-state index is 12.1. The second-order valence-corrected chi connectivity index (χ2v) is 5.98. The van der Waals surface area contributed by atoms with Crippen LogP contribution in [-0.4, -0.2) is 54.9 Å². The molecule has 0 aliphatic heterocycles. The minimum Gasteiger partial charge on any atom is -0.396 e. The first-order valence-corrected chi connectivity index (χ1v) is 6.88. The van der Waals surface area contributed by atoms with E-state index >= 15 is 0 Å². The van der Waals surface area contributed by atoms with E-state index in [4.69, 9.17) is 5.11 Å². The lowest BCUT2D eigenvalue weighted by Crippen LogP contribution is -2.43. The number of hydrogen-bond donors (Lipinski definition) is 1. The van der Waals surface area contributed by atoms with Crippen molar-refractivity contribution in [2.75, 3.05) is 26.7 Å². The summed E-state index contributed by atoms with van der Waals surface area (Å²) >= 11 is 0. The first kappa shape index (κ1) is 13.6. The maximum Gasteiger partial charge on any atom is 0.282 e. The fourth-order valence-electron chi connectivity index (χ4n) is 1.51. The Morgan fingerprint density at radius 3 is 2.56 bits per heavy atom. The minimum atomic E-state index is -3.39. The van der Waals surface area contributed by atoms with Gasteiger partial charge in [-0.05, 0) is 19.3 Å². The van der Waals surface area contributed by atoms with Crippen molar-refractivity contribution in [1.29, 1.82) is 0 Å². The van der Waals surface area contributed by atoms with Gasteiger partial charge in [-0.3, -0.25) is 0 Å². The van der Waals surface area contributed by atoms with E-state index in [1.165, 1.54) is 8.61 Å². The zero-order chi connectivity index (χ0) is 12.2. The van der Waals surface area contributed by atoms with Crippen molar-refractivity contribution in [2.45, 2.75) is 25.3 Å². The molecule has 1 saturated carbocycles. The summed E-state index contributed by atoms with van der Waals surface area (Å²) in [5, 5.41) is 8.69. The van der Waals surface area contributed by atoms with Crippen LogP contribution < -0.4 is 0 Å². The summed E-state index contributed by atoms with van der Waals surface area (Å²) < 4.78 is 27.0. The number of rotatable bonds is 8. The summed E-state index contributed by atoms with van der Waals surface area (Å²) in [6.45, 7) is 4.29. The molecule has 16 heavy (non-hydrogen) atoms. The summed E-state index contributed by atoms with van der Waals surface area (Å²) in [6.07, 6.45) is 3.93. The van der Waals surface area contributed by atoms with Crippen molar-refractivity contribution < 1.29 is 13.5 Å². The van der Waals surface area contributed by atoms with Crippen molar-refractivity contribution >= 4 is 10.2 Å². The molecule has 94 valence electrons. The van der Waals surface area contributed by atoms with Crippen molar-refractivity contribution in [1.82, 2.24) is 8.61 Å². The molecular weight excluding hydrogens is 228 g/mol. The van der Waals surface area contributed by atoms with Crippen LogP contribution in [0.3, 0.4) is 0 Å². The van der Waals surface area contributed by atoms with Crippen molar-refractivity contribution in [3.8, 4) is 0 Å². The van der Waals surface area contributed by atoms with Crippen molar-refractivity contribution in [3.05, 3.63) is 12.7 Å². The van der Waals surface area contributed by atoms with E-state index in [0.717, 1.165) is 12.8 Å². The molecule has 0 aromatic carbocycles. The lowest BCUT2D eigenvalue weighted by atomic mass is 10.5. The molecule has 0 aromatic heterocycles. The average molecular weight is 248 g/mol. The predicted molar refractivity (Wildman–Crippen MR) is 63.2 cm³/mol. The number of aliphatic hydroxyl groups is 1. The summed E-state index contributed by atoms with van der Waals surface area (Å²) in [5.74, 6) is 0. The Balaban J connectivity index is 2.68. The molecule has 0 bridgehead atoms. The summed E-state index contributed by atoms with van der Waals surface area (Å²) in [4.78, 5) is 0. The van der Waals surface area contributed by atoms with Crippen LogP contribution in [0.15, 0.2) is 12.7 Å². The first-order valence-electron chi connectivity index (χ1n) is 5.49. The van der Waals surface area contributed by atoms with Crippen LogP contribution in [0.2, 0.25) is 0 Å². The topological polar surface area (TPSA) is 60.9 Å². The van der Waals surface area contributed by atoms with Crippen molar-refractivity contribution in [3.63, 3.8) is 0 Å². The monoisotopic (exact) mass is 248 g/mol. The van der Waals surface area contributed by atoms with Crippen molar-refractivity contribution in [2.24, 2.45) is 0 Å². The molecule has 0 unspecified atom stereocenters. The molecular formula is C10H20N2O3S. The van der Waals surface area contributed by atoms with Gasteiger partial charge in [-0.2, -0.15) is 17.0 Å². The smallest absolute Gasteiger partial charge is 0.282 e. The fraction of sp³-hybridized carbons (Fsp3) is 0.800. The molecule has 0 aromatic rings. The van der Waals surface area contributed by atoms with Gasteiger partial charge in [0.2, 0.25) is 0 Å². The van der Waals surface area contributed by atoms with Gasteiger partial charge in [-0.1, -0.05) is 6.08 Å². The van der Waals surface area contributed by atoms with E-state index in [0.29, 0.717) is 19.5 Å². The highest BCUT2D eigenvalue weighted by Gasteiger charge is 2.38. The SMILES string of the molecule is C=CCN(C1CC1)S(=O)(=O)N(C)CCCO. The molecule has 0 saturated heterocycles. The predicted octanol–water partition coefficient (Wildman–Crippen LogP) is 0.196. The Morgan fingerprint density at radius 1 is 1.50 bits per heavy atom. The fourth-order valence-corrected chi connectivity index (χ4v) is 3.11. The molecule has 1 fully saturated rings. The third kappa shape index (κ3) is 3.28. The quantitative estimate of drug-likeness (QED) is 0.624. The van der Waals surface area contributed by atoms with Crippen LogP contribution in [0.1, 0.15) is 19.3 Å². The summed E-state index contributed by atoms with van der Waals surface area (Å²) in [6, 6.07) is 0.138. The second-order valence-electron chi connectivity index (χ2n) is 4.00. The molecule has 1 rings (SSSR count). The molecule has 0 amide bonds. The normalized spacial score (nSPS) is 17.0. The van der Waals surface area contributed by atoms with Crippen LogP contribution in [0, 0.1) is 0 Å². The van der Waals surface area contributed by atoms with Gasteiger partial charge in [0, 0.05) is 32.8 Å². The molecule has 1 aliphatic rings. The largest absolute Gasteiger partial charge is 0.396 e. The van der Waals surface area contributed by atoms with E-state index in [1.54, 1.807) is 13.1 Å². The lowest BCUT2D eigenvalue weighted by Gasteiger charge is -2.26. The summed E-state index contributed by atoms with van der Waals surface area (Å²) in [7, 11) is -1.84. The molecule has 6 heteroatoms. The Morgan fingerprint density at radius 2 is 2.12 bits per heavy atom. The Bertz CT molecular complexity index is 325. The van der Waals surface area contributed by atoms with Crippen LogP contribution in [0.25, 0.3) is 0 Å². The van der Waals surface area contributed by atoms with E-state index in [1.807, 2.05) is 0 Å². The average Bonchev–Trinajstić information content (AvgIpc) is 3.05.